The molecule has 8 heteroatoms. The van der Waals surface area contributed by atoms with E-state index >= 15 is 0 Å². The van der Waals surface area contributed by atoms with E-state index in [2.05, 4.69) is 9.97 Å². The quantitative estimate of drug-likeness (QED) is 0.704. The maximum atomic E-state index is 14.5. The number of aromatic amines is 1. The highest BCUT2D eigenvalue weighted by molar-refractivity contribution is 5.86. The number of halogens is 1. The Morgan fingerprint density at radius 3 is 2.73 bits per heavy atom. The predicted octanol–water partition coefficient (Wildman–Crippen LogP) is 3.54. The maximum absolute atomic E-state index is 14.5. The summed E-state index contributed by atoms with van der Waals surface area (Å²) < 4.78 is 20.2. The van der Waals surface area contributed by atoms with Gasteiger partial charge in [-0.15, -0.1) is 0 Å². The number of hydrogen-bond acceptors (Lipinski definition) is 4. The standard InChI is InChI=1S/C18H19FN4O3/c1-22(2)9-10-23(18(24)25)12-3-4-16(14(19)11-12)26-15-6-8-21-17-13(15)5-7-20-17/h3-8,11H,9-10H2,1-2H3,(H,20,21)(H,24,25). The summed E-state index contributed by atoms with van der Waals surface area (Å²) in [5.41, 5.74) is 0.894. The first-order valence-corrected chi connectivity index (χ1v) is 8.00. The fourth-order valence-electron chi connectivity index (χ4n) is 2.52. The average molecular weight is 358 g/mol. The van der Waals surface area contributed by atoms with E-state index in [0.29, 0.717) is 17.9 Å². The lowest BCUT2D eigenvalue weighted by molar-refractivity contribution is 0.201. The number of amides is 1. The number of nitrogens with zero attached hydrogens (tertiary/aromatic N) is 3. The Labute approximate surface area is 149 Å². The van der Waals surface area contributed by atoms with Crippen molar-refractivity contribution in [2.24, 2.45) is 0 Å². The first-order chi connectivity index (χ1) is 12.5. The molecule has 1 amide bonds. The molecule has 136 valence electrons. The Hall–Kier alpha value is -3.13. The number of rotatable bonds is 6. The van der Waals surface area contributed by atoms with Gasteiger partial charge in [-0.2, -0.15) is 0 Å². The van der Waals surface area contributed by atoms with Crippen molar-refractivity contribution in [1.29, 1.82) is 0 Å². The number of aromatic nitrogens is 2. The largest absolute Gasteiger partial charge is 0.465 e. The molecule has 1 aromatic carbocycles. The van der Waals surface area contributed by atoms with E-state index in [0.717, 1.165) is 16.4 Å². The minimum absolute atomic E-state index is 0.0143. The Morgan fingerprint density at radius 1 is 1.23 bits per heavy atom. The summed E-state index contributed by atoms with van der Waals surface area (Å²) in [7, 11) is 3.68. The van der Waals surface area contributed by atoms with Crippen LogP contribution >= 0.6 is 0 Å². The van der Waals surface area contributed by atoms with Crippen molar-refractivity contribution in [1.82, 2.24) is 14.9 Å². The van der Waals surface area contributed by atoms with E-state index in [1.54, 1.807) is 24.5 Å². The van der Waals surface area contributed by atoms with Crippen LogP contribution in [-0.2, 0) is 0 Å². The number of nitrogens with one attached hydrogen (secondary N) is 1. The lowest BCUT2D eigenvalue weighted by Gasteiger charge is -2.22. The Morgan fingerprint density at radius 2 is 2.04 bits per heavy atom. The fourth-order valence-corrected chi connectivity index (χ4v) is 2.52. The number of pyridine rings is 1. The smallest absolute Gasteiger partial charge is 0.411 e. The van der Waals surface area contributed by atoms with Gasteiger partial charge in [-0.3, -0.25) is 4.90 Å². The van der Waals surface area contributed by atoms with E-state index in [1.807, 2.05) is 19.0 Å². The highest BCUT2D eigenvalue weighted by Crippen LogP contribution is 2.31. The molecule has 2 aromatic heterocycles. The van der Waals surface area contributed by atoms with Crippen LogP contribution in [0, 0.1) is 5.82 Å². The van der Waals surface area contributed by atoms with E-state index < -0.39 is 11.9 Å². The Bertz CT molecular complexity index is 926. The molecule has 3 aromatic rings. The first-order valence-electron chi connectivity index (χ1n) is 8.00. The van der Waals surface area contributed by atoms with Crippen LogP contribution in [0.15, 0.2) is 42.7 Å². The van der Waals surface area contributed by atoms with Gasteiger partial charge in [0.2, 0.25) is 0 Å². The van der Waals surface area contributed by atoms with Crippen LogP contribution < -0.4 is 9.64 Å². The summed E-state index contributed by atoms with van der Waals surface area (Å²) in [5, 5.41) is 10.1. The van der Waals surface area contributed by atoms with Crippen LogP contribution in [0.2, 0.25) is 0 Å². The summed E-state index contributed by atoms with van der Waals surface area (Å²) in [4.78, 5) is 21.5. The van der Waals surface area contributed by atoms with Gasteiger partial charge in [0.25, 0.3) is 0 Å². The Kier molecular flexibility index (Phi) is 5.04. The number of anilines is 1. The van der Waals surface area contributed by atoms with Crippen LogP contribution in [0.25, 0.3) is 11.0 Å². The molecule has 0 fully saturated rings. The Balaban J connectivity index is 1.85. The van der Waals surface area contributed by atoms with E-state index in [9.17, 15) is 14.3 Å². The van der Waals surface area contributed by atoms with E-state index in [4.69, 9.17) is 4.74 Å². The second-order valence-corrected chi connectivity index (χ2v) is 6.00. The summed E-state index contributed by atoms with van der Waals surface area (Å²) in [5.74, 6) is -0.162. The molecular weight excluding hydrogens is 339 g/mol. The molecule has 7 nitrogen and oxygen atoms in total. The topological polar surface area (TPSA) is 81.7 Å². The molecule has 0 atom stereocenters. The predicted molar refractivity (Wildman–Crippen MR) is 96.5 cm³/mol. The lowest BCUT2D eigenvalue weighted by atomic mass is 10.2. The number of likely N-dealkylation sites (N-methyl/N-ethyl adjacent to an activating group) is 1. The molecule has 0 aliphatic carbocycles. The summed E-state index contributed by atoms with van der Waals surface area (Å²) in [6, 6.07) is 7.54. The van der Waals surface area contributed by atoms with Crippen LogP contribution in [0.3, 0.4) is 0 Å². The van der Waals surface area contributed by atoms with Gasteiger partial charge in [-0.05, 0) is 38.4 Å². The van der Waals surface area contributed by atoms with Gasteiger partial charge in [0.1, 0.15) is 11.4 Å². The molecule has 2 N–H and O–H groups in total. The third-order valence-electron chi connectivity index (χ3n) is 3.87. The second-order valence-electron chi connectivity index (χ2n) is 6.00. The number of benzene rings is 1. The van der Waals surface area contributed by atoms with Gasteiger partial charge < -0.3 is 19.7 Å². The molecule has 0 radical (unpaired) electrons. The molecule has 0 spiro atoms. The van der Waals surface area contributed by atoms with Crippen molar-refractivity contribution in [3.63, 3.8) is 0 Å². The number of carbonyl (C=O) groups is 1. The molecule has 0 saturated carbocycles. The molecule has 0 saturated heterocycles. The molecule has 2 heterocycles. The highest BCUT2D eigenvalue weighted by atomic mass is 19.1. The van der Waals surface area contributed by atoms with Crippen LogP contribution in [0.1, 0.15) is 0 Å². The zero-order valence-electron chi connectivity index (χ0n) is 14.4. The number of carboxylic acid groups (broad SMARTS) is 1. The van der Waals surface area contributed by atoms with Gasteiger partial charge in [0, 0.05) is 31.5 Å². The van der Waals surface area contributed by atoms with Gasteiger partial charge in [0.05, 0.1) is 11.1 Å². The molecule has 0 aliphatic heterocycles. The fraction of sp³-hybridized carbons (Fsp3) is 0.222. The van der Waals surface area contributed by atoms with Gasteiger partial charge in [-0.25, -0.2) is 14.2 Å². The van der Waals surface area contributed by atoms with Crippen LogP contribution in [0.5, 0.6) is 11.5 Å². The molecule has 0 bridgehead atoms. The van der Waals surface area contributed by atoms with E-state index in [-0.39, 0.29) is 18.0 Å². The normalized spacial score (nSPS) is 11.1. The van der Waals surface area contributed by atoms with E-state index in [1.165, 1.54) is 12.1 Å². The number of H-pyrrole nitrogens is 1. The van der Waals surface area contributed by atoms with Crippen LogP contribution in [-0.4, -0.2) is 53.3 Å². The van der Waals surface area contributed by atoms with Gasteiger partial charge in [0.15, 0.2) is 11.6 Å². The number of ether oxygens (including phenoxy) is 1. The maximum Gasteiger partial charge on any atom is 0.411 e. The zero-order valence-corrected chi connectivity index (χ0v) is 14.4. The van der Waals surface area contributed by atoms with Crippen LogP contribution in [0.4, 0.5) is 14.9 Å². The van der Waals surface area contributed by atoms with Gasteiger partial charge in [-0.1, -0.05) is 0 Å². The van der Waals surface area contributed by atoms with Crippen molar-refractivity contribution in [2.75, 3.05) is 32.1 Å². The minimum Gasteiger partial charge on any atom is -0.465 e. The first kappa shape index (κ1) is 17.7. The minimum atomic E-state index is -1.14. The summed E-state index contributed by atoms with van der Waals surface area (Å²) in [6.45, 7) is 0.755. The summed E-state index contributed by atoms with van der Waals surface area (Å²) >= 11 is 0. The van der Waals surface area contributed by atoms with Crippen molar-refractivity contribution in [3.8, 4) is 11.5 Å². The molecular formula is C18H19FN4O3. The molecule has 0 unspecified atom stereocenters. The summed E-state index contributed by atoms with van der Waals surface area (Å²) in [6.07, 6.45) is 2.15. The lowest BCUT2D eigenvalue weighted by Crippen LogP contribution is -2.35. The highest BCUT2D eigenvalue weighted by Gasteiger charge is 2.17. The number of fused-ring (bicyclic) bond motifs is 1. The zero-order chi connectivity index (χ0) is 18.7. The second kappa shape index (κ2) is 7.40. The number of hydrogen-bond donors (Lipinski definition) is 2. The van der Waals surface area contributed by atoms with Crippen molar-refractivity contribution >= 4 is 22.8 Å². The molecule has 3 rings (SSSR count). The SMILES string of the molecule is CN(C)CCN(C(=O)O)c1ccc(Oc2ccnc3[nH]ccc23)c(F)c1. The van der Waals surface area contributed by atoms with Gasteiger partial charge >= 0.3 is 6.09 Å². The van der Waals surface area contributed by atoms with Crippen molar-refractivity contribution in [2.45, 2.75) is 0 Å². The third-order valence-corrected chi connectivity index (χ3v) is 3.87. The molecule has 0 aliphatic rings. The third kappa shape index (κ3) is 3.75. The average Bonchev–Trinajstić information content (AvgIpc) is 3.06. The van der Waals surface area contributed by atoms with Crippen molar-refractivity contribution < 1.29 is 19.0 Å². The monoisotopic (exact) mass is 358 g/mol. The van der Waals surface area contributed by atoms with Crippen molar-refractivity contribution in [3.05, 3.63) is 48.5 Å². The molecule has 26 heavy (non-hydrogen) atoms.